The molecule has 0 radical (unpaired) electrons. The highest BCUT2D eigenvalue weighted by Crippen LogP contribution is 2.41. The maximum absolute atomic E-state index is 11.9. The summed E-state index contributed by atoms with van der Waals surface area (Å²) >= 11 is 0. The molecule has 2 saturated heterocycles. The van der Waals surface area contributed by atoms with Gasteiger partial charge in [0.1, 0.15) is 13.1 Å². The summed E-state index contributed by atoms with van der Waals surface area (Å²) in [4.78, 5) is 27.3. The topological polar surface area (TPSA) is 40.2 Å². The van der Waals surface area contributed by atoms with E-state index in [-0.39, 0.29) is 22.6 Å². The van der Waals surface area contributed by atoms with Crippen molar-refractivity contribution in [3.63, 3.8) is 0 Å². The van der Waals surface area contributed by atoms with Gasteiger partial charge in [-0.05, 0) is 62.4 Å². The van der Waals surface area contributed by atoms with Gasteiger partial charge in [-0.25, -0.2) is 0 Å². The van der Waals surface area contributed by atoms with Gasteiger partial charge in [0, 0.05) is 11.4 Å². The van der Waals surface area contributed by atoms with Crippen molar-refractivity contribution in [2.45, 2.75) is 52.4 Å². The molecule has 0 bridgehead atoms. The van der Waals surface area contributed by atoms with E-state index >= 15 is 0 Å². The Bertz CT molecular complexity index is 1250. The third-order valence-electron chi connectivity index (χ3n) is 6.72. The van der Waals surface area contributed by atoms with E-state index in [1.54, 1.807) is 9.80 Å². The lowest BCUT2D eigenvalue weighted by Crippen LogP contribution is -2.16. The number of hydrogen-bond acceptors (Lipinski definition) is 2. The summed E-state index contributed by atoms with van der Waals surface area (Å²) < 4.78 is 0. The van der Waals surface area contributed by atoms with Crippen molar-refractivity contribution in [1.82, 2.24) is 0 Å². The average molecular weight is 453 g/mol. The molecule has 2 aliphatic rings. The van der Waals surface area contributed by atoms with Gasteiger partial charge in [0.25, 0.3) is 0 Å². The minimum Gasteiger partial charge on any atom is -0.301 e. The van der Waals surface area contributed by atoms with Gasteiger partial charge >= 0.3 is 0 Å². The van der Waals surface area contributed by atoms with Gasteiger partial charge in [0.2, 0.25) is 11.8 Å². The highest BCUT2D eigenvalue weighted by Gasteiger charge is 2.36. The van der Waals surface area contributed by atoms with Crippen LogP contribution in [0.5, 0.6) is 0 Å². The number of nitrogens with zero attached hydrogens (tertiary/aromatic N) is 2. The van der Waals surface area contributed by atoms with Crippen LogP contribution in [0.4, 0.5) is 11.4 Å². The Labute approximate surface area is 202 Å². The Kier molecular flexibility index (Phi) is 4.98. The van der Waals surface area contributed by atoms with E-state index in [9.17, 15) is 9.59 Å². The molecule has 2 amide bonds. The summed E-state index contributed by atoms with van der Waals surface area (Å²) in [5.74, 6) is 0.224. The van der Waals surface area contributed by atoms with Crippen LogP contribution in [-0.2, 0) is 20.4 Å². The van der Waals surface area contributed by atoms with Gasteiger partial charge in [-0.2, -0.15) is 0 Å². The minimum absolute atomic E-state index is 0.0251. The van der Waals surface area contributed by atoms with Crippen LogP contribution < -0.4 is 9.80 Å². The van der Waals surface area contributed by atoms with Gasteiger partial charge in [0.15, 0.2) is 0 Å². The molecule has 0 saturated carbocycles. The molecule has 0 atom stereocenters. The molecule has 2 aliphatic heterocycles. The molecule has 2 heterocycles. The summed E-state index contributed by atoms with van der Waals surface area (Å²) in [5, 5.41) is 0. The van der Waals surface area contributed by atoms with Crippen molar-refractivity contribution < 1.29 is 9.59 Å². The number of benzene rings is 3. The molecule has 4 nitrogen and oxygen atoms in total. The number of amides is 2. The normalized spacial score (nSPS) is 15.7. The second-order valence-electron chi connectivity index (χ2n) is 11.5. The molecule has 3 aromatic carbocycles. The largest absolute Gasteiger partial charge is 0.301 e. The van der Waals surface area contributed by atoms with E-state index in [1.807, 2.05) is 6.07 Å². The molecule has 0 spiro atoms. The van der Waals surface area contributed by atoms with Gasteiger partial charge in [-0.1, -0.05) is 84.0 Å². The Morgan fingerprint density at radius 3 is 1.32 bits per heavy atom. The number of carbonyl (C=O) groups is 2. The summed E-state index contributed by atoms with van der Waals surface area (Å²) in [5.41, 5.74) is 8.82. The van der Waals surface area contributed by atoms with Crippen molar-refractivity contribution in [3.8, 4) is 22.3 Å². The van der Waals surface area contributed by atoms with Gasteiger partial charge in [-0.3, -0.25) is 9.59 Å². The van der Waals surface area contributed by atoms with Crippen molar-refractivity contribution >= 4 is 23.2 Å². The molecule has 5 rings (SSSR count). The van der Waals surface area contributed by atoms with Crippen molar-refractivity contribution in [3.05, 3.63) is 71.8 Å². The first-order valence-corrected chi connectivity index (χ1v) is 11.9. The second kappa shape index (κ2) is 7.56. The first-order valence-electron chi connectivity index (χ1n) is 11.9. The number of hydrogen-bond donors (Lipinski definition) is 0. The van der Waals surface area contributed by atoms with Crippen LogP contribution >= 0.6 is 0 Å². The fraction of sp³-hybridized carbons (Fsp3) is 0.333. The molecule has 174 valence electrons. The highest BCUT2D eigenvalue weighted by atomic mass is 16.2. The predicted octanol–water partition coefficient (Wildman–Crippen LogP) is 6.31. The fourth-order valence-electron chi connectivity index (χ4n) is 4.37. The zero-order valence-corrected chi connectivity index (χ0v) is 20.9. The lowest BCUT2D eigenvalue weighted by Gasteiger charge is -2.27. The van der Waals surface area contributed by atoms with E-state index in [0.717, 1.165) is 28.1 Å². The fourth-order valence-corrected chi connectivity index (χ4v) is 4.37. The van der Waals surface area contributed by atoms with Gasteiger partial charge in [0.05, 0.1) is 0 Å². The first kappa shape index (κ1) is 22.4. The van der Waals surface area contributed by atoms with E-state index in [0.29, 0.717) is 13.1 Å². The molecule has 3 aromatic rings. The average Bonchev–Trinajstić information content (AvgIpc) is 3.69. The van der Waals surface area contributed by atoms with Crippen LogP contribution in [0, 0.1) is 0 Å². The zero-order valence-electron chi connectivity index (χ0n) is 20.9. The predicted molar refractivity (Wildman–Crippen MR) is 139 cm³/mol. The molecule has 0 unspecified atom stereocenters. The van der Waals surface area contributed by atoms with Gasteiger partial charge in [-0.15, -0.1) is 0 Å². The third-order valence-corrected chi connectivity index (χ3v) is 6.72. The lowest BCUT2D eigenvalue weighted by molar-refractivity contribution is -0.110. The third kappa shape index (κ3) is 4.25. The van der Waals surface area contributed by atoms with E-state index in [2.05, 4.69) is 96.1 Å². The Balaban J connectivity index is 1.69. The SMILES string of the molecule is CC(C)(C)c1cc(-c2ccccc2-c2cc(N3CC3=O)cc(N3CC3=O)c2)cc(C(C)(C)C)c1. The standard InChI is InChI=1S/C30H32N2O2/c1-29(2,3)21-11-19(12-22(15-21)30(4,5)6)25-9-7-8-10-26(25)20-13-23(31-17-27(31)33)16-24(14-20)32-18-28(32)34/h7-16H,17-18H2,1-6H3. The maximum Gasteiger partial charge on any atom is 0.247 e. The van der Waals surface area contributed by atoms with E-state index in [1.165, 1.54) is 16.7 Å². The molecular formula is C30H32N2O2. The van der Waals surface area contributed by atoms with E-state index in [4.69, 9.17) is 0 Å². The quantitative estimate of drug-likeness (QED) is 0.435. The first-order chi connectivity index (χ1) is 15.9. The van der Waals surface area contributed by atoms with Crippen molar-refractivity contribution in [1.29, 1.82) is 0 Å². The summed E-state index contributed by atoms with van der Waals surface area (Å²) in [6.07, 6.45) is 0. The summed E-state index contributed by atoms with van der Waals surface area (Å²) in [7, 11) is 0. The van der Waals surface area contributed by atoms with Crippen LogP contribution in [0.1, 0.15) is 52.7 Å². The molecule has 0 N–H and O–H groups in total. The van der Waals surface area contributed by atoms with Crippen molar-refractivity contribution in [2.75, 3.05) is 22.9 Å². The van der Waals surface area contributed by atoms with Crippen LogP contribution in [0.3, 0.4) is 0 Å². The van der Waals surface area contributed by atoms with Crippen molar-refractivity contribution in [2.24, 2.45) is 0 Å². The molecule has 0 aromatic heterocycles. The monoisotopic (exact) mass is 452 g/mol. The van der Waals surface area contributed by atoms with E-state index < -0.39 is 0 Å². The number of rotatable bonds is 4. The Morgan fingerprint density at radius 1 is 0.588 bits per heavy atom. The summed E-state index contributed by atoms with van der Waals surface area (Å²) in [6, 6.07) is 21.5. The van der Waals surface area contributed by atoms with Crippen LogP contribution in [0.25, 0.3) is 22.3 Å². The molecule has 0 aliphatic carbocycles. The van der Waals surface area contributed by atoms with Crippen LogP contribution in [0.2, 0.25) is 0 Å². The lowest BCUT2D eigenvalue weighted by atomic mass is 9.78. The number of carbonyl (C=O) groups excluding carboxylic acids is 2. The smallest absolute Gasteiger partial charge is 0.247 e. The molecule has 2 fully saturated rings. The second-order valence-corrected chi connectivity index (χ2v) is 11.5. The Hall–Kier alpha value is -3.40. The Morgan fingerprint density at radius 2 is 0.971 bits per heavy atom. The molecule has 4 heteroatoms. The number of anilines is 2. The van der Waals surface area contributed by atoms with Crippen LogP contribution in [0.15, 0.2) is 60.7 Å². The highest BCUT2D eigenvalue weighted by molar-refractivity contribution is 6.15. The molecular weight excluding hydrogens is 420 g/mol. The zero-order chi connectivity index (χ0) is 24.4. The summed E-state index contributed by atoms with van der Waals surface area (Å²) in [6.45, 7) is 14.4. The maximum atomic E-state index is 11.9. The van der Waals surface area contributed by atoms with Crippen LogP contribution in [-0.4, -0.2) is 24.9 Å². The molecule has 34 heavy (non-hydrogen) atoms. The minimum atomic E-state index is 0.0251. The van der Waals surface area contributed by atoms with Gasteiger partial charge < -0.3 is 9.80 Å².